The first-order chi connectivity index (χ1) is 17.1. The molecule has 35 heavy (non-hydrogen) atoms. The Morgan fingerprint density at radius 3 is 2.57 bits per heavy atom. The minimum Gasteiger partial charge on any atom is -0.497 e. The van der Waals surface area contributed by atoms with Gasteiger partial charge in [0.25, 0.3) is 0 Å². The number of pyridine rings is 1. The smallest absolute Gasteiger partial charge is 0.226 e. The standard InChI is InChI=1S/C26H22N4O3S2/c1-32-19-10-7-17(8-11-19)21-12-9-18(15-27)25(28-21)34-14-13-24(31)30-26-29-22(16-35-26)20-5-3-4-6-23(20)33-2/h3-12,16H,13-14H2,1-2H3,(H,29,30,31). The van der Waals surface area contributed by atoms with Crippen molar-refractivity contribution in [3.8, 4) is 40.1 Å². The lowest BCUT2D eigenvalue weighted by Crippen LogP contribution is -2.12. The summed E-state index contributed by atoms with van der Waals surface area (Å²) in [6, 6.07) is 20.9. The highest BCUT2D eigenvalue weighted by atomic mass is 32.2. The molecular weight excluding hydrogens is 480 g/mol. The van der Waals surface area contributed by atoms with Crippen LogP contribution in [0.3, 0.4) is 0 Å². The number of thiazole rings is 1. The Kier molecular flexibility index (Phi) is 7.98. The van der Waals surface area contributed by atoms with E-state index in [0.29, 0.717) is 21.5 Å². The first-order valence-electron chi connectivity index (χ1n) is 10.7. The molecule has 176 valence electrons. The van der Waals surface area contributed by atoms with Gasteiger partial charge in [-0.25, -0.2) is 9.97 Å². The van der Waals surface area contributed by atoms with Gasteiger partial charge in [-0.05, 0) is 48.5 Å². The van der Waals surface area contributed by atoms with Crippen molar-refractivity contribution in [2.75, 3.05) is 25.3 Å². The molecule has 2 aromatic carbocycles. The number of benzene rings is 2. The molecule has 4 aromatic rings. The van der Waals surface area contributed by atoms with Crippen LogP contribution in [0.4, 0.5) is 5.13 Å². The number of amides is 1. The molecule has 0 bridgehead atoms. The van der Waals surface area contributed by atoms with Crippen LogP contribution < -0.4 is 14.8 Å². The molecule has 0 spiro atoms. The number of para-hydroxylation sites is 1. The summed E-state index contributed by atoms with van der Waals surface area (Å²) >= 11 is 2.74. The summed E-state index contributed by atoms with van der Waals surface area (Å²) in [6.07, 6.45) is 0.257. The summed E-state index contributed by atoms with van der Waals surface area (Å²) in [6.45, 7) is 0. The van der Waals surface area contributed by atoms with Crippen LogP contribution >= 0.6 is 23.1 Å². The molecule has 7 nitrogen and oxygen atoms in total. The van der Waals surface area contributed by atoms with E-state index in [2.05, 4.69) is 21.4 Å². The second kappa shape index (κ2) is 11.5. The molecule has 0 radical (unpaired) electrons. The van der Waals surface area contributed by atoms with Crippen LogP contribution in [0, 0.1) is 11.3 Å². The average Bonchev–Trinajstić information content (AvgIpc) is 3.36. The van der Waals surface area contributed by atoms with Crippen LogP contribution in [0.15, 0.2) is 71.1 Å². The zero-order valence-electron chi connectivity index (χ0n) is 19.1. The molecule has 0 aliphatic rings. The molecule has 0 saturated carbocycles. The van der Waals surface area contributed by atoms with Crippen LogP contribution in [-0.4, -0.2) is 35.8 Å². The molecule has 9 heteroatoms. The SMILES string of the molecule is COc1ccc(-c2ccc(C#N)c(SCCC(=O)Nc3nc(-c4ccccc4OC)cs3)n2)cc1. The van der Waals surface area contributed by atoms with Crippen molar-refractivity contribution in [1.82, 2.24) is 9.97 Å². The fourth-order valence-corrected chi connectivity index (χ4v) is 4.93. The first-order valence-corrected chi connectivity index (χ1v) is 12.5. The molecule has 0 aliphatic heterocycles. The molecule has 0 fully saturated rings. The molecule has 0 unspecified atom stereocenters. The number of hydrogen-bond acceptors (Lipinski definition) is 8. The number of methoxy groups -OCH3 is 2. The molecular formula is C26H22N4O3S2. The van der Waals surface area contributed by atoms with Crippen LogP contribution in [0.2, 0.25) is 0 Å². The van der Waals surface area contributed by atoms with E-state index in [-0.39, 0.29) is 12.3 Å². The Balaban J connectivity index is 1.37. The highest BCUT2D eigenvalue weighted by Gasteiger charge is 2.13. The van der Waals surface area contributed by atoms with Gasteiger partial charge >= 0.3 is 0 Å². The predicted molar refractivity (Wildman–Crippen MR) is 139 cm³/mol. The van der Waals surface area contributed by atoms with Gasteiger partial charge in [-0.3, -0.25) is 4.79 Å². The minimum atomic E-state index is -0.150. The van der Waals surface area contributed by atoms with Gasteiger partial charge < -0.3 is 14.8 Å². The number of thioether (sulfide) groups is 1. The Labute approximate surface area is 211 Å². The number of anilines is 1. The van der Waals surface area contributed by atoms with Gasteiger partial charge in [-0.15, -0.1) is 23.1 Å². The molecule has 2 heterocycles. The van der Waals surface area contributed by atoms with Crippen molar-refractivity contribution in [2.45, 2.75) is 11.4 Å². The average molecular weight is 503 g/mol. The maximum Gasteiger partial charge on any atom is 0.226 e. The van der Waals surface area contributed by atoms with Crippen molar-refractivity contribution in [2.24, 2.45) is 0 Å². The van der Waals surface area contributed by atoms with E-state index in [9.17, 15) is 10.1 Å². The number of nitrogens with zero attached hydrogens (tertiary/aromatic N) is 3. The zero-order valence-corrected chi connectivity index (χ0v) is 20.8. The highest BCUT2D eigenvalue weighted by molar-refractivity contribution is 7.99. The van der Waals surface area contributed by atoms with Crippen molar-refractivity contribution in [3.63, 3.8) is 0 Å². The molecule has 1 N–H and O–H groups in total. The summed E-state index contributed by atoms with van der Waals surface area (Å²) < 4.78 is 10.6. The lowest BCUT2D eigenvalue weighted by Gasteiger charge is -2.08. The maximum atomic E-state index is 12.5. The predicted octanol–water partition coefficient (Wildman–Crippen LogP) is 5.88. The Hall–Kier alpha value is -3.87. The number of ether oxygens (including phenoxy) is 2. The first kappa shape index (κ1) is 24.3. The molecule has 2 aromatic heterocycles. The van der Waals surface area contributed by atoms with Crippen LogP contribution in [0.25, 0.3) is 22.5 Å². The van der Waals surface area contributed by atoms with Gasteiger partial charge in [0, 0.05) is 28.7 Å². The van der Waals surface area contributed by atoms with Crippen molar-refractivity contribution in [3.05, 3.63) is 71.6 Å². The number of nitriles is 1. The van der Waals surface area contributed by atoms with E-state index in [0.717, 1.165) is 34.0 Å². The largest absolute Gasteiger partial charge is 0.497 e. The molecule has 4 rings (SSSR count). The zero-order chi connectivity index (χ0) is 24.6. The maximum absolute atomic E-state index is 12.5. The van der Waals surface area contributed by atoms with Crippen LogP contribution in [-0.2, 0) is 4.79 Å². The van der Waals surface area contributed by atoms with Gasteiger partial charge in [-0.1, -0.05) is 12.1 Å². The lowest BCUT2D eigenvalue weighted by atomic mass is 10.1. The van der Waals surface area contributed by atoms with E-state index in [1.165, 1.54) is 23.1 Å². The lowest BCUT2D eigenvalue weighted by molar-refractivity contribution is -0.115. The van der Waals surface area contributed by atoms with E-state index in [1.54, 1.807) is 20.3 Å². The van der Waals surface area contributed by atoms with Crippen molar-refractivity contribution < 1.29 is 14.3 Å². The van der Waals surface area contributed by atoms with Crippen molar-refractivity contribution >= 4 is 34.1 Å². The summed E-state index contributed by atoms with van der Waals surface area (Å²) in [7, 11) is 3.23. The topological polar surface area (TPSA) is 97.1 Å². The van der Waals surface area contributed by atoms with Gasteiger partial charge in [-0.2, -0.15) is 5.26 Å². The second-order valence-electron chi connectivity index (χ2n) is 7.27. The third kappa shape index (κ3) is 5.98. The van der Waals surface area contributed by atoms with Gasteiger partial charge in [0.1, 0.15) is 22.6 Å². The van der Waals surface area contributed by atoms with Crippen LogP contribution in [0.1, 0.15) is 12.0 Å². The molecule has 0 atom stereocenters. The normalized spacial score (nSPS) is 10.4. The number of nitrogens with one attached hydrogen (secondary N) is 1. The van der Waals surface area contributed by atoms with Gasteiger partial charge in [0.05, 0.1) is 31.2 Å². The van der Waals surface area contributed by atoms with E-state index >= 15 is 0 Å². The summed E-state index contributed by atoms with van der Waals surface area (Å²) in [4.78, 5) is 21.7. The number of rotatable bonds is 9. The minimum absolute atomic E-state index is 0.150. The number of carbonyl (C=O) groups excluding carboxylic acids is 1. The summed E-state index contributed by atoms with van der Waals surface area (Å²) in [5.41, 5.74) is 3.77. The van der Waals surface area contributed by atoms with Gasteiger partial charge in [0.2, 0.25) is 5.91 Å². The van der Waals surface area contributed by atoms with Crippen LogP contribution in [0.5, 0.6) is 11.5 Å². The fourth-order valence-electron chi connectivity index (χ4n) is 3.29. The number of aromatic nitrogens is 2. The Bertz CT molecular complexity index is 1360. The third-order valence-corrected chi connectivity index (χ3v) is 6.82. The molecule has 0 saturated heterocycles. The quantitative estimate of drug-likeness (QED) is 0.285. The Morgan fingerprint density at radius 2 is 1.83 bits per heavy atom. The number of carbonyl (C=O) groups is 1. The highest BCUT2D eigenvalue weighted by Crippen LogP contribution is 2.32. The van der Waals surface area contributed by atoms with E-state index in [4.69, 9.17) is 9.47 Å². The fraction of sp³-hybridized carbons (Fsp3) is 0.154. The van der Waals surface area contributed by atoms with Crippen molar-refractivity contribution in [1.29, 1.82) is 5.26 Å². The Morgan fingerprint density at radius 1 is 1.03 bits per heavy atom. The van der Waals surface area contributed by atoms with E-state index < -0.39 is 0 Å². The number of hydrogen-bond donors (Lipinski definition) is 1. The third-order valence-electron chi connectivity index (χ3n) is 5.07. The molecule has 0 aliphatic carbocycles. The van der Waals surface area contributed by atoms with Gasteiger partial charge in [0.15, 0.2) is 5.13 Å². The second-order valence-corrected chi connectivity index (χ2v) is 9.22. The monoisotopic (exact) mass is 502 g/mol. The summed E-state index contributed by atoms with van der Waals surface area (Å²) in [5.74, 6) is 1.82. The van der Waals surface area contributed by atoms with E-state index in [1.807, 2.05) is 60.0 Å². The molecule has 1 amide bonds. The summed E-state index contributed by atoms with van der Waals surface area (Å²) in [5, 5.41) is 15.3.